The SMILES string of the molecule is c1ccc(-c2nc(-c3ccccc3)nc(-c3ccc4cc(-c5ccc6cc(-c7ccc8sc9c(ccc%10c(-c%11ccccc%11)nc%11ccccc%11c%109)c8c7)ccc6c5)ccc4c3)n2)cc1. The van der Waals surface area contributed by atoms with Crippen molar-refractivity contribution in [3.05, 3.63) is 218 Å². The molecule has 0 radical (unpaired) electrons. The molecule has 0 spiro atoms. The van der Waals surface area contributed by atoms with E-state index in [0.29, 0.717) is 17.5 Å². The second-order valence-electron chi connectivity index (χ2n) is 16.6. The minimum Gasteiger partial charge on any atom is -0.247 e. The van der Waals surface area contributed by atoms with E-state index in [4.69, 9.17) is 19.9 Å². The third kappa shape index (κ3) is 6.52. The summed E-state index contributed by atoms with van der Waals surface area (Å²) in [5.74, 6) is 1.97. The molecule has 0 unspecified atom stereocenters. The van der Waals surface area contributed by atoms with Gasteiger partial charge in [0.15, 0.2) is 17.5 Å². The van der Waals surface area contributed by atoms with E-state index >= 15 is 0 Å². The van der Waals surface area contributed by atoms with E-state index in [-0.39, 0.29) is 0 Å². The molecular weight excluding hydrogens is 809 g/mol. The van der Waals surface area contributed by atoms with E-state index in [2.05, 4.69) is 158 Å². The maximum atomic E-state index is 5.18. The van der Waals surface area contributed by atoms with Gasteiger partial charge < -0.3 is 0 Å². The number of thiophene rings is 1. The highest BCUT2D eigenvalue weighted by Crippen LogP contribution is 2.44. The number of aromatic nitrogens is 4. The first-order valence-corrected chi connectivity index (χ1v) is 22.7. The Morgan fingerprint density at radius 1 is 0.277 bits per heavy atom. The van der Waals surface area contributed by atoms with Crippen molar-refractivity contribution in [1.82, 2.24) is 19.9 Å². The van der Waals surface area contributed by atoms with Gasteiger partial charge in [-0.25, -0.2) is 19.9 Å². The largest absolute Gasteiger partial charge is 0.247 e. The van der Waals surface area contributed by atoms with Gasteiger partial charge in [-0.2, -0.15) is 0 Å². The average Bonchev–Trinajstić information content (AvgIpc) is 3.76. The monoisotopic (exact) mass is 844 g/mol. The van der Waals surface area contributed by atoms with E-state index in [1.165, 1.54) is 69.4 Å². The highest BCUT2D eigenvalue weighted by atomic mass is 32.1. The molecule has 0 bridgehead atoms. The molecule has 0 N–H and O–H groups in total. The van der Waals surface area contributed by atoms with Crippen LogP contribution < -0.4 is 0 Å². The zero-order chi connectivity index (χ0) is 42.8. The molecule has 0 aliphatic heterocycles. The molecule has 0 saturated carbocycles. The molecule has 0 fully saturated rings. The van der Waals surface area contributed by atoms with Gasteiger partial charge in [-0.15, -0.1) is 11.3 Å². The smallest absolute Gasteiger partial charge is 0.164 e. The molecule has 13 rings (SSSR count). The third-order valence-electron chi connectivity index (χ3n) is 12.7. The van der Waals surface area contributed by atoms with Crippen LogP contribution in [-0.4, -0.2) is 19.9 Å². The number of benzene rings is 10. The molecule has 302 valence electrons. The second-order valence-corrected chi connectivity index (χ2v) is 17.7. The average molecular weight is 845 g/mol. The lowest BCUT2D eigenvalue weighted by Gasteiger charge is -2.11. The number of rotatable bonds is 6. The van der Waals surface area contributed by atoms with Crippen molar-refractivity contribution in [3.63, 3.8) is 0 Å². The third-order valence-corrected chi connectivity index (χ3v) is 13.9. The Hall–Kier alpha value is -8.38. The molecule has 13 aromatic rings. The molecule has 0 aliphatic rings. The molecule has 10 aromatic carbocycles. The van der Waals surface area contributed by atoms with Gasteiger partial charge >= 0.3 is 0 Å². The first kappa shape index (κ1) is 37.2. The summed E-state index contributed by atoms with van der Waals surface area (Å²) in [5, 5.41) is 10.9. The van der Waals surface area contributed by atoms with Crippen molar-refractivity contribution in [2.75, 3.05) is 0 Å². The van der Waals surface area contributed by atoms with Crippen LogP contribution in [0.4, 0.5) is 0 Å². The van der Waals surface area contributed by atoms with E-state index in [1.54, 1.807) is 0 Å². The Morgan fingerprint density at radius 2 is 0.723 bits per heavy atom. The normalized spacial score (nSPS) is 11.7. The Balaban J connectivity index is 0.828. The topological polar surface area (TPSA) is 51.6 Å². The number of nitrogens with zero attached hydrogens (tertiary/aromatic N) is 4. The van der Waals surface area contributed by atoms with Gasteiger partial charge in [-0.1, -0.05) is 176 Å². The molecule has 5 heteroatoms. The molecule has 0 saturated heterocycles. The number of hydrogen-bond donors (Lipinski definition) is 0. The van der Waals surface area contributed by atoms with E-state index in [0.717, 1.165) is 44.2 Å². The lowest BCUT2D eigenvalue weighted by atomic mass is 9.95. The minimum absolute atomic E-state index is 0.652. The number of pyridine rings is 1. The number of para-hydroxylation sites is 1. The van der Waals surface area contributed by atoms with Crippen molar-refractivity contribution in [3.8, 4) is 67.7 Å². The molecule has 0 atom stereocenters. The van der Waals surface area contributed by atoms with Crippen molar-refractivity contribution in [2.45, 2.75) is 0 Å². The Morgan fingerprint density at radius 3 is 1.31 bits per heavy atom. The predicted molar refractivity (Wildman–Crippen MR) is 273 cm³/mol. The molecule has 3 aromatic heterocycles. The van der Waals surface area contributed by atoms with Crippen molar-refractivity contribution in [1.29, 1.82) is 0 Å². The van der Waals surface area contributed by atoms with Crippen LogP contribution >= 0.6 is 11.3 Å². The van der Waals surface area contributed by atoms with Crippen LogP contribution in [-0.2, 0) is 0 Å². The fourth-order valence-electron chi connectivity index (χ4n) is 9.37. The summed E-state index contributed by atoms with van der Waals surface area (Å²) >= 11 is 1.88. The van der Waals surface area contributed by atoms with Crippen LogP contribution in [0.25, 0.3) is 131 Å². The zero-order valence-corrected chi connectivity index (χ0v) is 35.8. The number of hydrogen-bond acceptors (Lipinski definition) is 5. The number of fused-ring (bicyclic) bond motifs is 9. The van der Waals surface area contributed by atoms with E-state index in [9.17, 15) is 0 Å². The fourth-order valence-corrected chi connectivity index (χ4v) is 10.6. The fraction of sp³-hybridized carbons (Fsp3) is 0. The molecular formula is C60H36N4S. The van der Waals surface area contributed by atoms with Crippen LogP contribution in [0.15, 0.2) is 218 Å². The van der Waals surface area contributed by atoms with E-state index in [1.807, 2.05) is 72.0 Å². The highest BCUT2D eigenvalue weighted by molar-refractivity contribution is 7.26. The summed E-state index contributed by atoms with van der Waals surface area (Å²) in [5.41, 5.74) is 10.8. The summed E-state index contributed by atoms with van der Waals surface area (Å²) in [7, 11) is 0. The van der Waals surface area contributed by atoms with Gasteiger partial charge in [0.1, 0.15) is 0 Å². The minimum atomic E-state index is 0.652. The standard InChI is InChI=1S/C60H36N4S/c1-4-12-37(13-5-1)56-51-30-29-49-52-36-47(28-31-54(52)65-57(49)55(51)50-18-10-11-19-53(50)61-56)45-24-22-41-32-40(20-21-43(41)34-45)42-23-25-46-35-48(27-26-44(46)33-42)60-63-58(38-14-6-2-7-15-38)62-59(64-60)39-16-8-3-9-17-39/h1-36H. The molecule has 0 aliphatic carbocycles. The van der Waals surface area contributed by atoms with Gasteiger partial charge in [-0.3, -0.25) is 0 Å². The highest BCUT2D eigenvalue weighted by Gasteiger charge is 2.17. The van der Waals surface area contributed by atoms with Crippen molar-refractivity contribution < 1.29 is 0 Å². The van der Waals surface area contributed by atoms with Gasteiger partial charge in [0, 0.05) is 58.6 Å². The second kappa shape index (κ2) is 15.2. The predicted octanol–water partition coefficient (Wildman–Crippen LogP) is 16.2. The van der Waals surface area contributed by atoms with E-state index < -0.39 is 0 Å². The van der Waals surface area contributed by atoms with Crippen LogP contribution in [0.2, 0.25) is 0 Å². The first-order chi connectivity index (χ1) is 32.2. The Labute approximate surface area is 378 Å². The Kier molecular flexibility index (Phi) is 8.68. The van der Waals surface area contributed by atoms with Crippen LogP contribution in [0.1, 0.15) is 0 Å². The zero-order valence-electron chi connectivity index (χ0n) is 35.0. The summed E-state index contributed by atoms with van der Waals surface area (Å²) in [6.07, 6.45) is 0. The lowest BCUT2D eigenvalue weighted by Crippen LogP contribution is -2.00. The van der Waals surface area contributed by atoms with Crippen LogP contribution in [0.5, 0.6) is 0 Å². The van der Waals surface area contributed by atoms with Crippen molar-refractivity contribution >= 4 is 74.7 Å². The molecule has 3 heterocycles. The first-order valence-electron chi connectivity index (χ1n) is 21.9. The van der Waals surface area contributed by atoms with Gasteiger partial charge in [0.05, 0.1) is 11.2 Å². The van der Waals surface area contributed by atoms with Gasteiger partial charge in [0.2, 0.25) is 0 Å². The summed E-state index contributed by atoms with van der Waals surface area (Å²) < 4.78 is 2.60. The maximum absolute atomic E-state index is 5.18. The van der Waals surface area contributed by atoms with Crippen LogP contribution in [0, 0.1) is 0 Å². The Bertz CT molecular complexity index is 3940. The maximum Gasteiger partial charge on any atom is 0.164 e. The molecule has 0 amide bonds. The van der Waals surface area contributed by atoms with Crippen molar-refractivity contribution in [2.24, 2.45) is 0 Å². The lowest BCUT2D eigenvalue weighted by molar-refractivity contribution is 1.07. The molecule has 4 nitrogen and oxygen atoms in total. The van der Waals surface area contributed by atoms with Gasteiger partial charge in [-0.05, 0) is 86.3 Å². The quantitative estimate of drug-likeness (QED) is 0.156. The van der Waals surface area contributed by atoms with Crippen LogP contribution in [0.3, 0.4) is 0 Å². The summed E-state index contributed by atoms with van der Waals surface area (Å²) in [6, 6.07) is 77.7. The molecule has 65 heavy (non-hydrogen) atoms. The summed E-state index contributed by atoms with van der Waals surface area (Å²) in [6.45, 7) is 0. The summed E-state index contributed by atoms with van der Waals surface area (Å²) in [4.78, 5) is 20.0. The van der Waals surface area contributed by atoms with Gasteiger partial charge in [0.25, 0.3) is 0 Å².